The minimum Gasteiger partial charge on any atom is -0.444 e. The summed E-state index contributed by atoms with van der Waals surface area (Å²) in [5.74, 6) is -0.306. The SMILES string of the molecule is CCN(C(=O)Cn1c(C(=O)N[C@H]2CC[C@H](C(=O)NC3CCN(C(=O)OC(C)(C)C)CC3)CC2)cc2sccc21)c1cccc(C)c1. The van der Waals surface area contributed by atoms with E-state index in [-0.39, 0.29) is 48.4 Å². The molecular weight excluding hydrogens is 602 g/mol. The van der Waals surface area contributed by atoms with E-state index in [4.69, 9.17) is 4.74 Å². The third kappa shape index (κ3) is 8.10. The Morgan fingerprint density at radius 3 is 2.30 bits per heavy atom. The molecule has 11 heteroatoms. The number of ether oxygens (including phenoxy) is 1. The number of thiophene rings is 1. The Kier molecular flexibility index (Phi) is 10.4. The standard InChI is InChI=1S/C35H47N5O5S/c1-6-39(27-9-7-8-23(2)20-27)31(41)22-40-28-16-19-46-30(28)21-29(40)33(43)37-25-12-10-24(11-13-25)32(42)36-26-14-17-38(18-15-26)34(44)45-35(3,4)5/h7-9,16,19-21,24-26H,6,10-15,17-18,22H2,1-5H3,(H,36,42)(H,37,43)/t24-,25-. The monoisotopic (exact) mass is 649 g/mol. The van der Waals surface area contributed by atoms with E-state index in [9.17, 15) is 19.2 Å². The number of piperidine rings is 1. The molecule has 2 N–H and O–H groups in total. The third-order valence-electron chi connectivity index (χ3n) is 8.91. The molecule has 3 heterocycles. The van der Waals surface area contributed by atoms with Crippen LogP contribution >= 0.6 is 11.3 Å². The van der Waals surface area contributed by atoms with E-state index in [0.717, 1.165) is 21.5 Å². The summed E-state index contributed by atoms with van der Waals surface area (Å²) < 4.78 is 8.27. The highest BCUT2D eigenvalue weighted by atomic mass is 32.1. The molecule has 2 aliphatic rings. The molecule has 5 rings (SSSR count). The van der Waals surface area contributed by atoms with E-state index in [2.05, 4.69) is 10.6 Å². The van der Waals surface area contributed by atoms with Crippen LogP contribution in [0.3, 0.4) is 0 Å². The predicted octanol–water partition coefficient (Wildman–Crippen LogP) is 5.87. The molecule has 10 nitrogen and oxygen atoms in total. The molecule has 2 aromatic heterocycles. The number of fused-ring (bicyclic) bond motifs is 1. The molecule has 4 amide bonds. The van der Waals surface area contributed by atoms with Gasteiger partial charge in [-0.1, -0.05) is 12.1 Å². The lowest BCUT2D eigenvalue weighted by Gasteiger charge is -2.35. The number of likely N-dealkylation sites (N-methyl/N-ethyl adjacent to an activating group) is 1. The van der Waals surface area contributed by atoms with E-state index < -0.39 is 5.60 Å². The minimum absolute atomic E-state index is 0.0369. The maximum Gasteiger partial charge on any atom is 0.410 e. The average Bonchev–Trinajstić information content (AvgIpc) is 3.60. The third-order valence-corrected chi connectivity index (χ3v) is 9.76. The highest BCUT2D eigenvalue weighted by molar-refractivity contribution is 7.17. The molecule has 0 atom stereocenters. The first-order valence-corrected chi connectivity index (χ1v) is 17.3. The van der Waals surface area contributed by atoms with Crippen molar-refractivity contribution in [3.63, 3.8) is 0 Å². The zero-order valence-corrected chi connectivity index (χ0v) is 28.5. The number of likely N-dealkylation sites (tertiary alicyclic amines) is 1. The van der Waals surface area contributed by atoms with Crippen molar-refractivity contribution in [2.75, 3.05) is 24.5 Å². The number of rotatable bonds is 8. The summed E-state index contributed by atoms with van der Waals surface area (Å²) >= 11 is 1.55. The van der Waals surface area contributed by atoms with Gasteiger partial charge < -0.3 is 29.7 Å². The Labute approximate surface area is 275 Å². The first kappa shape index (κ1) is 33.5. The number of amides is 4. The van der Waals surface area contributed by atoms with Crippen LogP contribution in [0.4, 0.5) is 10.5 Å². The van der Waals surface area contributed by atoms with E-state index in [1.165, 1.54) is 0 Å². The van der Waals surface area contributed by atoms with Crippen molar-refractivity contribution < 1.29 is 23.9 Å². The van der Waals surface area contributed by atoms with Crippen LogP contribution in [0.15, 0.2) is 41.8 Å². The van der Waals surface area contributed by atoms with E-state index in [0.29, 0.717) is 63.9 Å². The number of benzene rings is 1. The summed E-state index contributed by atoms with van der Waals surface area (Å²) in [4.78, 5) is 56.1. The van der Waals surface area contributed by atoms with Gasteiger partial charge in [-0.05, 0) is 108 Å². The largest absolute Gasteiger partial charge is 0.444 e. The molecule has 0 bridgehead atoms. The molecule has 3 aromatic rings. The van der Waals surface area contributed by atoms with Crippen LogP contribution in [0, 0.1) is 12.8 Å². The van der Waals surface area contributed by atoms with Gasteiger partial charge in [0.1, 0.15) is 17.8 Å². The predicted molar refractivity (Wildman–Crippen MR) is 181 cm³/mol. The maximum absolute atomic E-state index is 13.6. The van der Waals surface area contributed by atoms with E-state index in [1.807, 2.05) is 81.0 Å². The van der Waals surface area contributed by atoms with Gasteiger partial charge in [0.2, 0.25) is 11.8 Å². The highest BCUT2D eigenvalue weighted by Gasteiger charge is 2.32. The first-order valence-electron chi connectivity index (χ1n) is 16.4. The van der Waals surface area contributed by atoms with E-state index in [1.54, 1.807) is 21.1 Å². The summed E-state index contributed by atoms with van der Waals surface area (Å²) in [6.07, 6.45) is 3.93. The number of nitrogens with one attached hydrogen (secondary N) is 2. The van der Waals surface area contributed by atoms with Crippen molar-refractivity contribution in [1.82, 2.24) is 20.1 Å². The van der Waals surface area contributed by atoms with Gasteiger partial charge in [-0.3, -0.25) is 14.4 Å². The van der Waals surface area contributed by atoms with Crippen molar-refractivity contribution >= 4 is 51.1 Å². The number of hydrogen-bond donors (Lipinski definition) is 2. The summed E-state index contributed by atoms with van der Waals surface area (Å²) in [7, 11) is 0. The van der Waals surface area contributed by atoms with Crippen molar-refractivity contribution in [2.45, 2.75) is 97.4 Å². The van der Waals surface area contributed by atoms with Crippen LogP contribution in [0.1, 0.15) is 82.3 Å². The molecule has 0 spiro atoms. The lowest BCUT2D eigenvalue weighted by Crippen LogP contribution is -2.49. The Morgan fingerprint density at radius 1 is 0.957 bits per heavy atom. The summed E-state index contributed by atoms with van der Waals surface area (Å²) in [5.41, 5.74) is 2.75. The number of nitrogens with zero attached hydrogens (tertiary/aromatic N) is 3. The van der Waals surface area contributed by atoms with Gasteiger partial charge in [-0.2, -0.15) is 0 Å². The van der Waals surface area contributed by atoms with Crippen LogP contribution < -0.4 is 15.5 Å². The van der Waals surface area contributed by atoms with Crippen LogP contribution in [0.2, 0.25) is 0 Å². The van der Waals surface area contributed by atoms with Crippen molar-refractivity contribution in [3.05, 3.63) is 53.0 Å². The Balaban J connectivity index is 1.13. The zero-order chi connectivity index (χ0) is 33.0. The smallest absolute Gasteiger partial charge is 0.410 e. The van der Waals surface area contributed by atoms with Crippen molar-refractivity contribution in [3.8, 4) is 0 Å². The number of anilines is 1. The molecule has 46 heavy (non-hydrogen) atoms. The summed E-state index contributed by atoms with van der Waals surface area (Å²) in [5, 5.41) is 8.37. The second-order valence-electron chi connectivity index (χ2n) is 13.5. The number of carbonyl (C=O) groups excluding carboxylic acids is 4. The Hall–Kier alpha value is -3.86. The first-order chi connectivity index (χ1) is 21.9. The second kappa shape index (κ2) is 14.3. The van der Waals surface area contributed by atoms with Gasteiger partial charge in [-0.25, -0.2) is 4.79 Å². The molecule has 0 unspecified atom stereocenters. The lowest BCUT2D eigenvalue weighted by molar-refractivity contribution is -0.127. The van der Waals surface area contributed by atoms with Crippen molar-refractivity contribution in [1.29, 1.82) is 0 Å². The quantitative estimate of drug-likeness (QED) is 0.317. The molecule has 1 aliphatic carbocycles. The number of carbonyl (C=O) groups is 4. The Bertz CT molecular complexity index is 1560. The fraction of sp³-hybridized carbons (Fsp3) is 0.543. The molecular formula is C35H47N5O5S. The van der Waals surface area contributed by atoms with Crippen molar-refractivity contribution in [2.24, 2.45) is 5.92 Å². The molecule has 1 saturated carbocycles. The van der Waals surface area contributed by atoms with Crippen LogP contribution in [-0.4, -0.2) is 70.6 Å². The number of aryl methyl sites for hydroxylation is 1. The van der Waals surface area contributed by atoms with Gasteiger partial charge in [-0.15, -0.1) is 11.3 Å². The van der Waals surface area contributed by atoms with E-state index >= 15 is 0 Å². The van der Waals surface area contributed by atoms with Gasteiger partial charge >= 0.3 is 6.09 Å². The maximum atomic E-state index is 13.6. The highest BCUT2D eigenvalue weighted by Crippen LogP contribution is 2.29. The molecule has 1 saturated heterocycles. The summed E-state index contributed by atoms with van der Waals surface area (Å²) in [6, 6.07) is 11.7. The van der Waals surface area contributed by atoms with Crippen LogP contribution in [0.5, 0.6) is 0 Å². The van der Waals surface area contributed by atoms with Crippen LogP contribution in [0.25, 0.3) is 10.2 Å². The zero-order valence-electron chi connectivity index (χ0n) is 27.6. The average molecular weight is 650 g/mol. The van der Waals surface area contributed by atoms with Gasteiger partial charge in [0, 0.05) is 43.3 Å². The van der Waals surface area contributed by atoms with Gasteiger partial charge in [0.15, 0.2) is 0 Å². The lowest BCUT2D eigenvalue weighted by atomic mass is 9.85. The topological polar surface area (TPSA) is 113 Å². The fourth-order valence-corrected chi connectivity index (χ4v) is 7.29. The summed E-state index contributed by atoms with van der Waals surface area (Å²) in [6.45, 7) is 11.2. The van der Waals surface area contributed by atoms with Gasteiger partial charge in [0.05, 0.1) is 10.2 Å². The molecule has 0 radical (unpaired) electrons. The fourth-order valence-electron chi connectivity index (χ4n) is 6.47. The molecule has 1 aliphatic heterocycles. The second-order valence-corrected chi connectivity index (χ2v) is 14.5. The molecule has 1 aromatic carbocycles. The number of hydrogen-bond acceptors (Lipinski definition) is 6. The minimum atomic E-state index is -0.529. The van der Waals surface area contributed by atoms with Crippen LogP contribution in [-0.2, 0) is 20.9 Å². The molecule has 248 valence electrons. The van der Waals surface area contributed by atoms with Gasteiger partial charge in [0.25, 0.3) is 5.91 Å². The molecule has 2 fully saturated rings. The normalized spacial score (nSPS) is 19.1. The Morgan fingerprint density at radius 2 is 1.65 bits per heavy atom. The number of aromatic nitrogens is 1.